The van der Waals surface area contributed by atoms with E-state index < -0.39 is 0 Å². The molecule has 0 unspecified atom stereocenters. The number of nitrogens with two attached hydrogens (primary N) is 1. The predicted molar refractivity (Wildman–Crippen MR) is 69.9 cm³/mol. The van der Waals surface area contributed by atoms with Gasteiger partial charge in [0, 0.05) is 28.7 Å². The molecule has 0 spiro atoms. The van der Waals surface area contributed by atoms with Crippen molar-refractivity contribution in [3.05, 3.63) is 28.4 Å². The number of nitrogens with one attached hydrogen (secondary N) is 1. The molecule has 0 aromatic carbocycles. The second-order valence-corrected chi connectivity index (χ2v) is 4.43. The number of nitrogens with zero attached hydrogens (tertiary/aromatic N) is 4. The van der Waals surface area contributed by atoms with Gasteiger partial charge in [-0.15, -0.1) is 0 Å². The van der Waals surface area contributed by atoms with Gasteiger partial charge in [0.05, 0.1) is 18.4 Å². The van der Waals surface area contributed by atoms with Gasteiger partial charge < -0.3 is 11.1 Å². The molecule has 2 rings (SSSR count). The van der Waals surface area contributed by atoms with E-state index in [1.807, 2.05) is 0 Å². The average Bonchev–Trinajstić information content (AvgIpc) is 2.67. The van der Waals surface area contributed by atoms with Crippen LogP contribution in [0.2, 0.25) is 0 Å². The number of hydrogen-bond acceptors (Lipinski definition) is 5. The van der Waals surface area contributed by atoms with Crippen LogP contribution in [0.4, 0.5) is 11.6 Å². The first-order chi connectivity index (χ1) is 7.74. The second-order valence-electron chi connectivity index (χ2n) is 3.19. The number of anilines is 2. The zero-order valence-corrected chi connectivity index (χ0v) is 10.6. The molecule has 0 radical (unpaired) electrons. The minimum atomic E-state index is 0.626. The summed E-state index contributed by atoms with van der Waals surface area (Å²) in [5.41, 5.74) is 6.22. The summed E-state index contributed by atoms with van der Waals surface area (Å²) in [6, 6.07) is 0. The van der Waals surface area contributed by atoms with Gasteiger partial charge in [0.25, 0.3) is 0 Å². The topological polar surface area (TPSA) is 81.6 Å². The molecule has 2 heterocycles. The molecule has 6 nitrogen and oxygen atoms in total. The molecule has 0 bridgehead atoms. The minimum absolute atomic E-state index is 0.626. The van der Waals surface area contributed by atoms with Crippen LogP contribution in [0.25, 0.3) is 0 Å². The van der Waals surface area contributed by atoms with Crippen molar-refractivity contribution in [2.24, 2.45) is 0 Å². The van der Waals surface area contributed by atoms with Crippen molar-refractivity contribution in [3.63, 3.8) is 0 Å². The molecular formula is C9H11IN6. The van der Waals surface area contributed by atoms with E-state index in [-0.39, 0.29) is 0 Å². The fourth-order valence-electron chi connectivity index (χ4n) is 1.19. The largest absolute Gasteiger partial charge is 0.396 e. The third-order valence-electron chi connectivity index (χ3n) is 1.90. The van der Waals surface area contributed by atoms with Crippen LogP contribution < -0.4 is 11.1 Å². The first-order valence-electron chi connectivity index (χ1n) is 4.73. The molecule has 3 N–H and O–H groups in total. The second kappa shape index (κ2) is 5.10. The summed E-state index contributed by atoms with van der Waals surface area (Å²) in [5, 5.41) is 7.17. The Balaban J connectivity index is 1.82. The van der Waals surface area contributed by atoms with E-state index in [2.05, 4.69) is 43.0 Å². The Bertz CT molecular complexity index is 451. The van der Waals surface area contributed by atoms with Crippen LogP contribution in [0, 0.1) is 3.57 Å². The quantitative estimate of drug-likeness (QED) is 0.817. The zero-order valence-electron chi connectivity index (χ0n) is 8.47. The summed E-state index contributed by atoms with van der Waals surface area (Å²) in [6.07, 6.45) is 6.95. The van der Waals surface area contributed by atoms with Crippen molar-refractivity contribution in [1.82, 2.24) is 19.7 Å². The first-order valence-corrected chi connectivity index (χ1v) is 5.81. The Morgan fingerprint density at radius 3 is 2.69 bits per heavy atom. The van der Waals surface area contributed by atoms with Crippen LogP contribution in [-0.4, -0.2) is 26.3 Å². The molecule has 2 aromatic rings. The molecule has 7 heteroatoms. The molecule has 0 aliphatic rings. The fraction of sp³-hybridized carbons (Fsp3) is 0.222. The van der Waals surface area contributed by atoms with Crippen LogP contribution in [0.3, 0.4) is 0 Å². The zero-order chi connectivity index (χ0) is 11.4. The molecular weight excluding hydrogens is 319 g/mol. The maximum atomic E-state index is 5.55. The highest BCUT2D eigenvalue weighted by Crippen LogP contribution is 2.02. The summed E-state index contributed by atoms with van der Waals surface area (Å²) < 4.78 is 2.79. The lowest BCUT2D eigenvalue weighted by Gasteiger charge is -2.04. The number of hydrogen-bond donors (Lipinski definition) is 2. The number of aromatic nitrogens is 4. The van der Waals surface area contributed by atoms with Crippen molar-refractivity contribution in [3.8, 4) is 0 Å². The average molecular weight is 330 g/mol. The van der Waals surface area contributed by atoms with Crippen molar-refractivity contribution in [1.29, 1.82) is 0 Å². The van der Waals surface area contributed by atoms with Crippen LogP contribution >= 0.6 is 22.6 Å². The van der Waals surface area contributed by atoms with E-state index in [4.69, 9.17) is 5.73 Å². The summed E-state index contributed by atoms with van der Waals surface area (Å²) in [4.78, 5) is 8.26. The predicted octanol–water partition coefficient (Wildman–Crippen LogP) is 0.972. The highest BCUT2D eigenvalue weighted by Gasteiger charge is 1.96. The van der Waals surface area contributed by atoms with Gasteiger partial charge in [-0.05, 0) is 22.6 Å². The van der Waals surface area contributed by atoms with E-state index in [0.717, 1.165) is 10.1 Å². The Hall–Kier alpha value is -1.38. The van der Waals surface area contributed by atoms with Crippen molar-refractivity contribution >= 4 is 34.2 Å². The van der Waals surface area contributed by atoms with Crippen molar-refractivity contribution < 1.29 is 0 Å². The monoisotopic (exact) mass is 330 g/mol. The van der Waals surface area contributed by atoms with Crippen LogP contribution in [-0.2, 0) is 6.54 Å². The van der Waals surface area contributed by atoms with Gasteiger partial charge in [-0.2, -0.15) is 5.10 Å². The summed E-state index contributed by atoms with van der Waals surface area (Å²) in [5.74, 6) is 0.626. The molecule has 0 amide bonds. The van der Waals surface area contributed by atoms with Crippen molar-refractivity contribution in [2.75, 3.05) is 17.6 Å². The molecule has 84 valence electrons. The van der Waals surface area contributed by atoms with Gasteiger partial charge in [0.2, 0.25) is 5.95 Å². The van der Waals surface area contributed by atoms with Crippen molar-refractivity contribution in [2.45, 2.75) is 6.54 Å². The Kier molecular flexibility index (Phi) is 3.54. The van der Waals surface area contributed by atoms with E-state index in [1.165, 1.54) is 0 Å². The molecule has 0 saturated carbocycles. The lowest BCUT2D eigenvalue weighted by Crippen LogP contribution is -2.12. The number of nitrogen functional groups attached to an aromatic ring is 1. The first kappa shape index (κ1) is 11.1. The van der Waals surface area contributed by atoms with Crippen LogP contribution in [0.5, 0.6) is 0 Å². The number of halogens is 1. The standard InChI is InChI=1S/C9H11IN6/c10-7-3-13-9(14-4-7)12-1-2-16-6-8(11)5-15-16/h3-6H,1-2,11H2,(H,12,13,14). The third kappa shape index (κ3) is 3.05. The number of rotatable bonds is 4. The SMILES string of the molecule is Nc1cnn(CCNc2ncc(I)cn2)c1. The Labute approximate surface area is 106 Å². The van der Waals surface area contributed by atoms with E-state index in [0.29, 0.717) is 18.2 Å². The molecule has 16 heavy (non-hydrogen) atoms. The van der Waals surface area contributed by atoms with E-state index in [9.17, 15) is 0 Å². The fourth-order valence-corrected chi connectivity index (χ4v) is 1.47. The molecule has 0 aliphatic carbocycles. The molecule has 0 atom stereocenters. The molecule has 0 saturated heterocycles. The molecule has 0 aliphatic heterocycles. The molecule has 2 aromatic heterocycles. The lowest BCUT2D eigenvalue weighted by atomic mass is 10.6. The van der Waals surface area contributed by atoms with Gasteiger partial charge in [-0.1, -0.05) is 0 Å². The molecule has 0 fully saturated rings. The van der Waals surface area contributed by atoms with Gasteiger partial charge in [0.15, 0.2) is 0 Å². The van der Waals surface area contributed by atoms with Gasteiger partial charge in [-0.25, -0.2) is 9.97 Å². The smallest absolute Gasteiger partial charge is 0.222 e. The Morgan fingerprint density at radius 2 is 2.06 bits per heavy atom. The Morgan fingerprint density at radius 1 is 1.31 bits per heavy atom. The van der Waals surface area contributed by atoms with E-state index in [1.54, 1.807) is 29.5 Å². The van der Waals surface area contributed by atoms with Gasteiger partial charge >= 0.3 is 0 Å². The van der Waals surface area contributed by atoms with Crippen LogP contribution in [0.1, 0.15) is 0 Å². The van der Waals surface area contributed by atoms with Gasteiger partial charge in [0.1, 0.15) is 0 Å². The normalized spacial score (nSPS) is 10.3. The maximum absolute atomic E-state index is 5.55. The minimum Gasteiger partial charge on any atom is -0.396 e. The lowest BCUT2D eigenvalue weighted by molar-refractivity contribution is 0.636. The summed E-state index contributed by atoms with van der Waals surface area (Å²) >= 11 is 2.17. The summed E-state index contributed by atoms with van der Waals surface area (Å²) in [6.45, 7) is 1.44. The summed E-state index contributed by atoms with van der Waals surface area (Å²) in [7, 11) is 0. The maximum Gasteiger partial charge on any atom is 0.222 e. The highest BCUT2D eigenvalue weighted by molar-refractivity contribution is 14.1. The third-order valence-corrected chi connectivity index (χ3v) is 2.45. The van der Waals surface area contributed by atoms with Gasteiger partial charge in [-0.3, -0.25) is 4.68 Å². The van der Waals surface area contributed by atoms with E-state index >= 15 is 0 Å². The highest BCUT2D eigenvalue weighted by atomic mass is 127. The van der Waals surface area contributed by atoms with Crippen LogP contribution in [0.15, 0.2) is 24.8 Å².